The van der Waals surface area contributed by atoms with Gasteiger partial charge in [0.2, 0.25) is 0 Å². The molecule has 0 spiro atoms. The summed E-state index contributed by atoms with van der Waals surface area (Å²) in [4.78, 5) is 30.4. The normalized spacial score (nSPS) is 11.3. The fourth-order valence-electron chi connectivity index (χ4n) is 6.97. The Hall–Kier alpha value is -7.64. The van der Waals surface area contributed by atoms with E-state index in [1.54, 1.807) is 0 Å². The van der Waals surface area contributed by atoms with Gasteiger partial charge in [0.1, 0.15) is 11.2 Å². The van der Waals surface area contributed by atoms with Crippen LogP contribution in [0.25, 0.3) is 101 Å². The van der Waals surface area contributed by atoms with Gasteiger partial charge in [-0.3, -0.25) is 0 Å². The van der Waals surface area contributed by atoms with Gasteiger partial charge < -0.3 is 4.42 Å². The molecule has 0 aliphatic rings. The Bertz CT molecular complexity index is 2850. The zero-order chi connectivity index (χ0) is 36.6. The number of nitrogens with zero attached hydrogens (tertiary/aromatic N) is 6. The summed E-state index contributed by atoms with van der Waals surface area (Å²) in [6.45, 7) is 0. The van der Waals surface area contributed by atoms with Crippen LogP contribution in [0, 0.1) is 0 Å². The number of hydrogen-bond donors (Lipinski definition) is 0. The highest BCUT2D eigenvalue weighted by Crippen LogP contribution is 2.42. The number of rotatable bonds is 7. The molecule has 0 aliphatic carbocycles. The predicted molar refractivity (Wildman–Crippen MR) is 219 cm³/mol. The lowest BCUT2D eigenvalue weighted by molar-refractivity contribution is 0.669. The van der Waals surface area contributed by atoms with Crippen molar-refractivity contribution < 1.29 is 4.42 Å². The van der Waals surface area contributed by atoms with Gasteiger partial charge in [0.15, 0.2) is 34.9 Å². The van der Waals surface area contributed by atoms with Crippen molar-refractivity contribution in [2.45, 2.75) is 0 Å². The monoisotopic (exact) mass is 706 g/mol. The Morgan fingerprint density at radius 2 is 0.691 bits per heavy atom. The van der Waals surface area contributed by atoms with Gasteiger partial charge in [0.05, 0.1) is 0 Å². The molecule has 3 heterocycles. The van der Waals surface area contributed by atoms with Gasteiger partial charge >= 0.3 is 0 Å². The van der Waals surface area contributed by atoms with Crippen molar-refractivity contribution in [3.63, 3.8) is 0 Å². The van der Waals surface area contributed by atoms with E-state index >= 15 is 0 Å². The third kappa shape index (κ3) is 6.09. The zero-order valence-corrected chi connectivity index (χ0v) is 29.4. The first-order valence-electron chi connectivity index (χ1n) is 18.0. The van der Waals surface area contributed by atoms with Crippen LogP contribution in [0.15, 0.2) is 186 Å². The van der Waals surface area contributed by atoms with Crippen LogP contribution in [0.5, 0.6) is 0 Å². The van der Waals surface area contributed by atoms with Crippen molar-refractivity contribution in [1.29, 1.82) is 0 Å². The molecule has 10 aromatic rings. The lowest BCUT2D eigenvalue weighted by atomic mass is 9.93. The molecule has 0 radical (unpaired) electrons. The van der Waals surface area contributed by atoms with Crippen LogP contribution in [0.4, 0.5) is 0 Å². The lowest BCUT2D eigenvalue weighted by Gasteiger charge is -2.15. The average molecular weight is 707 g/mol. The molecule has 0 N–H and O–H groups in total. The van der Waals surface area contributed by atoms with Crippen LogP contribution in [-0.2, 0) is 0 Å². The summed E-state index contributed by atoms with van der Waals surface area (Å²) in [5.41, 5.74) is 8.74. The maximum Gasteiger partial charge on any atom is 0.164 e. The molecule has 0 amide bonds. The minimum atomic E-state index is 0.523. The van der Waals surface area contributed by atoms with E-state index in [1.165, 1.54) is 0 Å². The second-order valence-corrected chi connectivity index (χ2v) is 13.1. The molecule has 0 saturated heterocycles. The summed E-state index contributed by atoms with van der Waals surface area (Å²) < 4.78 is 6.35. The minimum Gasteiger partial charge on any atom is -0.456 e. The quantitative estimate of drug-likeness (QED) is 0.163. The Morgan fingerprint density at radius 1 is 0.273 bits per heavy atom. The summed E-state index contributed by atoms with van der Waals surface area (Å²) in [7, 11) is 0. The Kier molecular flexibility index (Phi) is 8.00. The molecule has 55 heavy (non-hydrogen) atoms. The van der Waals surface area contributed by atoms with Crippen LogP contribution >= 0.6 is 0 Å². The van der Waals surface area contributed by atoms with E-state index in [4.69, 9.17) is 34.3 Å². The highest BCUT2D eigenvalue weighted by atomic mass is 16.3. The predicted octanol–water partition coefficient (Wildman–Crippen LogP) is 11.6. The summed E-state index contributed by atoms with van der Waals surface area (Å²) in [5, 5.41) is 2.05. The highest BCUT2D eigenvalue weighted by Gasteiger charge is 2.21. The second kappa shape index (κ2) is 13.7. The van der Waals surface area contributed by atoms with Crippen LogP contribution in [-0.4, -0.2) is 29.9 Å². The maximum atomic E-state index is 6.35. The first-order valence-corrected chi connectivity index (χ1v) is 18.0. The fraction of sp³-hybridized carbons (Fsp3) is 0. The van der Waals surface area contributed by atoms with Gasteiger partial charge in [-0.15, -0.1) is 0 Å². The molecule has 0 atom stereocenters. The summed E-state index contributed by atoms with van der Waals surface area (Å²) >= 11 is 0. The van der Waals surface area contributed by atoms with Gasteiger partial charge in [-0.25, -0.2) is 29.9 Å². The van der Waals surface area contributed by atoms with Crippen molar-refractivity contribution in [3.05, 3.63) is 182 Å². The average Bonchev–Trinajstić information content (AvgIpc) is 3.66. The molecular weight excluding hydrogens is 677 g/mol. The molecule has 0 fully saturated rings. The molecule has 7 heteroatoms. The van der Waals surface area contributed by atoms with Gasteiger partial charge in [-0.1, -0.05) is 164 Å². The van der Waals surface area contributed by atoms with Gasteiger partial charge in [0, 0.05) is 44.2 Å². The highest BCUT2D eigenvalue weighted by molar-refractivity contribution is 6.13. The topological polar surface area (TPSA) is 90.5 Å². The number of furan rings is 1. The van der Waals surface area contributed by atoms with E-state index in [2.05, 4.69) is 30.3 Å². The minimum absolute atomic E-state index is 0.523. The third-order valence-corrected chi connectivity index (χ3v) is 9.61. The standard InChI is InChI=1S/C48H30N6O/c1-5-16-31(17-6-1)43-49-44(32-18-7-2-8-19-32)52-47(51-43)35-28-29-36(37-25-15-27-41-42(37)38-24-13-14-26-40(38)55-41)39(30-35)48-53-45(33-20-9-3-10-21-33)50-46(54-48)34-22-11-4-12-23-34/h1-30H. The molecule has 0 saturated carbocycles. The summed E-state index contributed by atoms with van der Waals surface area (Å²) in [6, 6.07) is 60.6. The van der Waals surface area contributed by atoms with E-state index in [0.717, 1.165) is 66.4 Å². The molecule has 0 bridgehead atoms. The van der Waals surface area contributed by atoms with Gasteiger partial charge in [0.25, 0.3) is 0 Å². The molecule has 0 aliphatic heterocycles. The van der Waals surface area contributed by atoms with Crippen molar-refractivity contribution in [1.82, 2.24) is 29.9 Å². The zero-order valence-electron chi connectivity index (χ0n) is 29.4. The van der Waals surface area contributed by atoms with Crippen LogP contribution in [0.1, 0.15) is 0 Å². The van der Waals surface area contributed by atoms with E-state index in [-0.39, 0.29) is 0 Å². The van der Waals surface area contributed by atoms with Crippen molar-refractivity contribution in [2.75, 3.05) is 0 Å². The van der Waals surface area contributed by atoms with Crippen molar-refractivity contribution >= 4 is 21.9 Å². The first-order chi connectivity index (χ1) is 27.2. The van der Waals surface area contributed by atoms with Crippen molar-refractivity contribution in [2.24, 2.45) is 0 Å². The van der Waals surface area contributed by atoms with Crippen LogP contribution in [0.3, 0.4) is 0 Å². The number of hydrogen-bond acceptors (Lipinski definition) is 7. The Labute approximate surface area is 316 Å². The Morgan fingerprint density at radius 3 is 1.20 bits per heavy atom. The summed E-state index contributed by atoms with van der Waals surface area (Å²) in [5.74, 6) is 3.38. The SMILES string of the molecule is c1ccc(-c2nc(-c3ccccc3)nc(-c3ccc(-c4cccc5oc6ccccc6c45)c(-c4nc(-c5ccccc5)nc(-c5ccccc5)n4)c3)n2)cc1. The first kappa shape index (κ1) is 32.0. The van der Waals surface area contributed by atoms with E-state index < -0.39 is 0 Å². The smallest absolute Gasteiger partial charge is 0.164 e. The number of para-hydroxylation sites is 1. The second-order valence-electron chi connectivity index (χ2n) is 13.1. The number of fused-ring (bicyclic) bond motifs is 3. The lowest BCUT2D eigenvalue weighted by Crippen LogP contribution is -2.03. The van der Waals surface area contributed by atoms with Crippen LogP contribution < -0.4 is 0 Å². The van der Waals surface area contributed by atoms with E-state index in [9.17, 15) is 0 Å². The summed E-state index contributed by atoms with van der Waals surface area (Å²) in [6.07, 6.45) is 0. The molecule has 7 aromatic carbocycles. The number of benzene rings is 7. The molecule has 3 aromatic heterocycles. The van der Waals surface area contributed by atoms with E-state index in [1.807, 2.05) is 152 Å². The number of aromatic nitrogens is 6. The fourth-order valence-corrected chi connectivity index (χ4v) is 6.97. The third-order valence-electron chi connectivity index (χ3n) is 9.61. The molecule has 258 valence electrons. The molecule has 0 unspecified atom stereocenters. The van der Waals surface area contributed by atoms with Crippen molar-refractivity contribution in [3.8, 4) is 79.5 Å². The molecular formula is C48H30N6O. The molecule has 7 nitrogen and oxygen atoms in total. The largest absolute Gasteiger partial charge is 0.456 e. The molecule has 10 rings (SSSR count). The van der Waals surface area contributed by atoms with Crippen LogP contribution in [0.2, 0.25) is 0 Å². The van der Waals surface area contributed by atoms with Gasteiger partial charge in [-0.05, 0) is 29.3 Å². The van der Waals surface area contributed by atoms with E-state index in [0.29, 0.717) is 34.9 Å². The Balaban J connectivity index is 1.26. The maximum absolute atomic E-state index is 6.35. The van der Waals surface area contributed by atoms with Gasteiger partial charge in [-0.2, -0.15) is 0 Å².